The summed E-state index contributed by atoms with van der Waals surface area (Å²) in [6.45, 7) is 10.1. The Labute approximate surface area is 110 Å². The molecule has 0 bridgehead atoms. The van der Waals surface area contributed by atoms with Crippen LogP contribution < -0.4 is 0 Å². The van der Waals surface area contributed by atoms with Crippen LogP contribution in [-0.2, 0) is 0 Å². The molecule has 0 saturated heterocycles. The van der Waals surface area contributed by atoms with Crippen LogP contribution in [0.2, 0.25) is 0 Å². The van der Waals surface area contributed by atoms with Crippen LogP contribution in [0.4, 0.5) is 0 Å². The van der Waals surface area contributed by atoms with E-state index in [2.05, 4.69) is 30.5 Å². The average Bonchev–Trinajstić information content (AvgIpc) is 2.94. The van der Waals surface area contributed by atoms with Crippen molar-refractivity contribution in [2.75, 3.05) is 0 Å². The monoisotopic (exact) mass is 251 g/mol. The van der Waals surface area contributed by atoms with Crippen LogP contribution in [-0.4, -0.2) is 16.7 Å². The fourth-order valence-corrected chi connectivity index (χ4v) is 2.65. The second-order valence-electron chi connectivity index (χ2n) is 6.18. The first-order valence-corrected chi connectivity index (χ1v) is 6.77. The summed E-state index contributed by atoms with van der Waals surface area (Å²) in [7, 11) is 0. The Hall–Kier alpha value is -0.990. The second-order valence-corrected chi connectivity index (χ2v) is 6.18. The molecular weight excluding hydrogens is 226 g/mol. The Bertz CT molecular complexity index is 343. The fraction of sp³-hybridized carbons (Fsp3) is 0.857. The summed E-state index contributed by atoms with van der Waals surface area (Å²) in [6.07, 6.45) is 4.49. The summed E-state index contributed by atoms with van der Waals surface area (Å²) >= 11 is 0. The van der Waals surface area contributed by atoms with Crippen molar-refractivity contribution in [3.8, 4) is 0 Å². The van der Waals surface area contributed by atoms with Gasteiger partial charge in [0.2, 0.25) is 0 Å². The van der Waals surface area contributed by atoms with Crippen molar-refractivity contribution in [3.05, 3.63) is 22.6 Å². The third-order valence-electron chi connectivity index (χ3n) is 3.74. The van der Waals surface area contributed by atoms with Crippen LogP contribution in [0.15, 0.2) is 17.3 Å². The normalized spacial score (nSPS) is 21.6. The molecule has 0 amide bonds. The lowest BCUT2D eigenvalue weighted by atomic mass is 9.86. The van der Waals surface area contributed by atoms with Crippen LogP contribution in [0, 0.1) is 11.8 Å². The summed E-state index contributed by atoms with van der Waals surface area (Å²) in [5.41, 5.74) is 9.28. The van der Waals surface area contributed by atoms with E-state index in [0.717, 1.165) is 37.7 Å². The maximum atomic E-state index is 9.90. The van der Waals surface area contributed by atoms with Gasteiger partial charge in [-0.2, -0.15) is 0 Å². The zero-order valence-electron chi connectivity index (χ0n) is 11.8. The largest absolute Gasteiger partial charge is 0.390 e. The van der Waals surface area contributed by atoms with Gasteiger partial charge < -0.3 is 5.11 Å². The van der Waals surface area contributed by atoms with E-state index in [1.165, 1.54) is 0 Å². The van der Waals surface area contributed by atoms with E-state index in [4.69, 9.17) is 5.53 Å². The lowest BCUT2D eigenvalue weighted by Gasteiger charge is -2.24. The van der Waals surface area contributed by atoms with Crippen molar-refractivity contribution in [3.63, 3.8) is 0 Å². The van der Waals surface area contributed by atoms with Crippen LogP contribution >= 0.6 is 0 Å². The maximum Gasteiger partial charge on any atom is 0.0652 e. The number of azide groups is 1. The summed E-state index contributed by atoms with van der Waals surface area (Å²) in [4.78, 5) is 2.94. The van der Waals surface area contributed by atoms with Gasteiger partial charge in [0, 0.05) is 11.0 Å². The van der Waals surface area contributed by atoms with Crippen molar-refractivity contribution in [1.29, 1.82) is 0 Å². The number of nitrogens with zero attached hydrogens (tertiary/aromatic N) is 3. The van der Waals surface area contributed by atoms with Gasteiger partial charge in [0.15, 0.2) is 0 Å². The van der Waals surface area contributed by atoms with Gasteiger partial charge in [-0.15, -0.1) is 6.58 Å². The highest BCUT2D eigenvalue weighted by atomic mass is 16.3. The van der Waals surface area contributed by atoms with Crippen molar-refractivity contribution in [1.82, 2.24) is 0 Å². The molecule has 1 aliphatic rings. The summed E-state index contributed by atoms with van der Waals surface area (Å²) in [5.74, 6) is 0.795. The standard InChI is InChI=1S/C14H25N3O/c1-10(2)7-13(16-17-15)12(4)8-11(3)9-14(18)5-6-14/h11-13,18H,1,5-9H2,2-4H3/t11-,12-,13+/m0/s1. The predicted molar refractivity (Wildman–Crippen MR) is 74.1 cm³/mol. The Morgan fingerprint density at radius 3 is 2.56 bits per heavy atom. The van der Waals surface area contributed by atoms with Gasteiger partial charge in [-0.1, -0.05) is 24.5 Å². The molecule has 1 saturated carbocycles. The zero-order valence-corrected chi connectivity index (χ0v) is 11.8. The molecule has 0 aromatic heterocycles. The van der Waals surface area contributed by atoms with Crippen LogP contribution in [0.3, 0.4) is 0 Å². The molecule has 0 aromatic carbocycles. The fourth-order valence-electron chi connectivity index (χ4n) is 2.65. The Morgan fingerprint density at radius 1 is 1.50 bits per heavy atom. The van der Waals surface area contributed by atoms with Gasteiger partial charge in [0.1, 0.15) is 0 Å². The van der Waals surface area contributed by atoms with Crippen molar-refractivity contribution in [2.45, 2.75) is 64.5 Å². The van der Waals surface area contributed by atoms with Gasteiger partial charge in [-0.3, -0.25) is 0 Å². The van der Waals surface area contributed by atoms with Crippen LogP contribution in [0.1, 0.15) is 52.9 Å². The molecule has 4 nitrogen and oxygen atoms in total. The molecule has 0 unspecified atom stereocenters. The molecule has 0 aromatic rings. The van der Waals surface area contributed by atoms with Crippen LogP contribution in [0.25, 0.3) is 10.4 Å². The van der Waals surface area contributed by atoms with Crippen molar-refractivity contribution < 1.29 is 5.11 Å². The average molecular weight is 251 g/mol. The molecule has 0 spiro atoms. The van der Waals surface area contributed by atoms with Crippen molar-refractivity contribution >= 4 is 0 Å². The van der Waals surface area contributed by atoms with E-state index in [0.29, 0.717) is 11.8 Å². The molecule has 1 N–H and O–H groups in total. The molecule has 102 valence electrons. The van der Waals surface area contributed by atoms with E-state index in [1.54, 1.807) is 0 Å². The highest BCUT2D eigenvalue weighted by Crippen LogP contribution is 2.42. The van der Waals surface area contributed by atoms with E-state index in [1.807, 2.05) is 6.92 Å². The lowest BCUT2D eigenvalue weighted by molar-refractivity contribution is 0.114. The van der Waals surface area contributed by atoms with Gasteiger partial charge >= 0.3 is 0 Å². The number of aliphatic hydroxyl groups is 1. The molecule has 0 radical (unpaired) electrons. The quantitative estimate of drug-likeness (QED) is 0.298. The third-order valence-corrected chi connectivity index (χ3v) is 3.74. The molecule has 4 heteroatoms. The SMILES string of the molecule is C=C(C)C[C@@H](N=[N+]=[N-])[C@@H](C)C[C@H](C)CC1(O)CC1. The first-order chi connectivity index (χ1) is 8.36. The first-order valence-electron chi connectivity index (χ1n) is 6.77. The Kier molecular flexibility index (Phi) is 5.24. The third kappa shape index (κ3) is 5.11. The minimum absolute atomic E-state index is 0.0104. The van der Waals surface area contributed by atoms with Gasteiger partial charge in [-0.05, 0) is 56.4 Å². The van der Waals surface area contributed by atoms with Gasteiger partial charge in [-0.25, -0.2) is 0 Å². The summed E-state index contributed by atoms with van der Waals surface area (Å²) in [5, 5.41) is 13.8. The molecule has 3 atom stereocenters. The zero-order chi connectivity index (χ0) is 13.8. The predicted octanol–water partition coefficient (Wildman–Crippen LogP) is 4.21. The summed E-state index contributed by atoms with van der Waals surface area (Å²) in [6, 6.07) is -0.0104. The Balaban J connectivity index is 2.46. The topological polar surface area (TPSA) is 69.0 Å². The number of hydrogen-bond acceptors (Lipinski definition) is 2. The van der Waals surface area contributed by atoms with Gasteiger partial charge in [0.25, 0.3) is 0 Å². The molecule has 18 heavy (non-hydrogen) atoms. The van der Waals surface area contributed by atoms with E-state index >= 15 is 0 Å². The number of hydrogen-bond donors (Lipinski definition) is 1. The smallest absolute Gasteiger partial charge is 0.0652 e. The molecular formula is C14H25N3O. The van der Waals surface area contributed by atoms with E-state index in [9.17, 15) is 5.11 Å². The van der Waals surface area contributed by atoms with E-state index < -0.39 is 0 Å². The van der Waals surface area contributed by atoms with Crippen LogP contribution in [0.5, 0.6) is 0 Å². The molecule has 1 aliphatic carbocycles. The second kappa shape index (κ2) is 6.26. The molecule has 0 aliphatic heterocycles. The lowest BCUT2D eigenvalue weighted by Crippen LogP contribution is -2.21. The minimum Gasteiger partial charge on any atom is -0.390 e. The van der Waals surface area contributed by atoms with Gasteiger partial charge in [0.05, 0.1) is 5.60 Å². The molecule has 1 rings (SSSR count). The van der Waals surface area contributed by atoms with Crippen molar-refractivity contribution in [2.24, 2.45) is 17.0 Å². The molecule has 1 fully saturated rings. The number of rotatable bonds is 8. The summed E-state index contributed by atoms with van der Waals surface area (Å²) < 4.78 is 0. The highest BCUT2D eigenvalue weighted by molar-refractivity contribution is 4.97. The minimum atomic E-state index is -0.387. The Morgan fingerprint density at radius 2 is 2.11 bits per heavy atom. The maximum absolute atomic E-state index is 9.90. The van der Waals surface area contributed by atoms with E-state index in [-0.39, 0.29) is 11.6 Å². The first kappa shape index (κ1) is 15.1. The molecule has 0 heterocycles. The highest BCUT2D eigenvalue weighted by Gasteiger charge is 2.41.